The molecule has 7 nitrogen and oxygen atoms in total. The van der Waals surface area contributed by atoms with Gasteiger partial charge in [0.1, 0.15) is 6.04 Å². The summed E-state index contributed by atoms with van der Waals surface area (Å²) in [6.45, 7) is 1.99. The highest BCUT2D eigenvalue weighted by atomic mass is 32.2. The summed E-state index contributed by atoms with van der Waals surface area (Å²) in [6.07, 6.45) is 2.21. The van der Waals surface area contributed by atoms with Gasteiger partial charge in [-0.2, -0.15) is 11.8 Å². The van der Waals surface area contributed by atoms with Crippen LogP contribution in [0.3, 0.4) is 0 Å². The fourth-order valence-corrected chi connectivity index (χ4v) is 3.24. The first-order valence-corrected chi connectivity index (χ1v) is 10.5. The van der Waals surface area contributed by atoms with Crippen LogP contribution in [0.1, 0.15) is 22.6 Å². The number of thioether (sulfide) groups is 1. The van der Waals surface area contributed by atoms with Gasteiger partial charge in [0.05, 0.1) is 5.69 Å². The number of rotatable bonds is 8. The van der Waals surface area contributed by atoms with E-state index in [-0.39, 0.29) is 5.82 Å². The van der Waals surface area contributed by atoms with Gasteiger partial charge in [0.25, 0.3) is 5.91 Å². The fourth-order valence-electron chi connectivity index (χ4n) is 2.76. The summed E-state index contributed by atoms with van der Waals surface area (Å²) < 4.78 is 1.60. The molecular weight excluding hydrogens is 388 g/mol. The Bertz CT molecular complexity index is 987. The standard InChI is InChI=1S/C21H22N4O3S/c1-14-8-10-16(11-9-14)25-19(15-6-4-3-5-7-15)23-18(24-25)20(26)22-17(21(27)28)12-13-29-2/h3-11,17H,12-13H2,1-2H3,(H,22,26)(H,27,28)/t17-/m1/s1. The zero-order valence-corrected chi connectivity index (χ0v) is 17.0. The molecule has 3 rings (SSSR count). The molecule has 1 aromatic heterocycles. The number of carboxylic acids is 1. The first-order chi connectivity index (χ1) is 14.0. The van der Waals surface area contributed by atoms with E-state index in [9.17, 15) is 14.7 Å². The Morgan fingerprint density at radius 3 is 2.45 bits per heavy atom. The van der Waals surface area contributed by atoms with Crippen LogP contribution in [0.25, 0.3) is 17.1 Å². The summed E-state index contributed by atoms with van der Waals surface area (Å²) in [6, 6.07) is 16.1. The minimum absolute atomic E-state index is 0.0696. The lowest BCUT2D eigenvalue weighted by Gasteiger charge is -2.12. The van der Waals surface area contributed by atoms with Crippen molar-refractivity contribution in [3.8, 4) is 17.1 Å². The molecule has 0 radical (unpaired) electrons. The normalized spacial score (nSPS) is 11.8. The zero-order valence-electron chi connectivity index (χ0n) is 16.2. The van der Waals surface area contributed by atoms with Crippen molar-refractivity contribution in [2.75, 3.05) is 12.0 Å². The van der Waals surface area contributed by atoms with Crippen LogP contribution >= 0.6 is 11.8 Å². The number of benzene rings is 2. The van der Waals surface area contributed by atoms with Gasteiger partial charge in [-0.25, -0.2) is 14.5 Å². The predicted molar refractivity (Wildman–Crippen MR) is 113 cm³/mol. The predicted octanol–water partition coefficient (Wildman–Crippen LogP) is 3.18. The lowest BCUT2D eigenvalue weighted by atomic mass is 10.2. The van der Waals surface area contributed by atoms with E-state index in [1.54, 1.807) is 4.68 Å². The van der Waals surface area contributed by atoms with Gasteiger partial charge in [0, 0.05) is 5.56 Å². The highest BCUT2D eigenvalue weighted by molar-refractivity contribution is 7.98. The van der Waals surface area contributed by atoms with Crippen molar-refractivity contribution in [1.82, 2.24) is 20.1 Å². The van der Waals surface area contributed by atoms with Crippen LogP contribution < -0.4 is 5.32 Å². The molecule has 8 heteroatoms. The second kappa shape index (κ2) is 9.38. The molecule has 0 fully saturated rings. The van der Waals surface area contributed by atoms with Crippen LogP contribution in [0.15, 0.2) is 54.6 Å². The molecule has 150 valence electrons. The van der Waals surface area contributed by atoms with E-state index < -0.39 is 17.9 Å². The highest BCUT2D eigenvalue weighted by Gasteiger charge is 2.24. The number of aliphatic carboxylic acids is 1. The number of nitrogens with one attached hydrogen (secondary N) is 1. The Hall–Kier alpha value is -3.13. The smallest absolute Gasteiger partial charge is 0.326 e. The second-order valence-corrected chi connectivity index (χ2v) is 7.50. The number of amides is 1. The molecule has 0 saturated heterocycles. The molecule has 0 saturated carbocycles. The topological polar surface area (TPSA) is 97.1 Å². The Kier molecular flexibility index (Phi) is 6.66. The largest absolute Gasteiger partial charge is 0.480 e. The summed E-state index contributed by atoms with van der Waals surface area (Å²) in [4.78, 5) is 28.5. The maximum atomic E-state index is 12.7. The molecule has 2 aromatic carbocycles. The molecule has 0 aliphatic rings. The van der Waals surface area contributed by atoms with Gasteiger partial charge in [-0.3, -0.25) is 4.79 Å². The third-order valence-electron chi connectivity index (χ3n) is 4.33. The van der Waals surface area contributed by atoms with Crippen LogP contribution in [0.4, 0.5) is 0 Å². The third kappa shape index (κ3) is 5.03. The molecule has 0 bridgehead atoms. The number of carbonyl (C=O) groups is 2. The monoisotopic (exact) mass is 410 g/mol. The Balaban J connectivity index is 1.96. The third-order valence-corrected chi connectivity index (χ3v) is 4.98. The Labute approximate surface area is 173 Å². The SMILES string of the molecule is CSCC[C@@H](NC(=O)c1nc(-c2ccccc2)n(-c2ccc(C)cc2)n1)C(=O)O. The summed E-state index contributed by atoms with van der Waals surface area (Å²) >= 11 is 1.52. The molecule has 29 heavy (non-hydrogen) atoms. The maximum Gasteiger partial charge on any atom is 0.326 e. The van der Waals surface area contributed by atoms with E-state index >= 15 is 0 Å². The Morgan fingerprint density at radius 2 is 1.83 bits per heavy atom. The van der Waals surface area contributed by atoms with E-state index in [2.05, 4.69) is 15.4 Å². The number of carbonyl (C=O) groups excluding carboxylic acids is 1. The Morgan fingerprint density at radius 1 is 1.14 bits per heavy atom. The van der Waals surface area contributed by atoms with E-state index in [1.807, 2.05) is 67.8 Å². The minimum Gasteiger partial charge on any atom is -0.480 e. The molecule has 0 spiro atoms. The summed E-state index contributed by atoms with van der Waals surface area (Å²) in [5, 5.41) is 16.3. The van der Waals surface area contributed by atoms with Gasteiger partial charge >= 0.3 is 5.97 Å². The van der Waals surface area contributed by atoms with E-state index in [0.29, 0.717) is 18.0 Å². The van der Waals surface area contributed by atoms with Crippen molar-refractivity contribution in [3.05, 3.63) is 66.0 Å². The minimum atomic E-state index is -1.08. The van der Waals surface area contributed by atoms with Crippen molar-refractivity contribution in [3.63, 3.8) is 0 Å². The lowest BCUT2D eigenvalue weighted by Crippen LogP contribution is -2.41. The second-order valence-electron chi connectivity index (χ2n) is 6.52. The summed E-state index contributed by atoms with van der Waals surface area (Å²) in [7, 11) is 0. The first kappa shape index (κ1) is 20.6. The quantitative estimate of drug-likeness (QED) is 0.592. The molecule has 1 amide bonds. The van der Waals surface area contributed by atoms with Crippen molar-refractivity contribution in [2.45, 2.75) is 19.4 Å². The van der Waals surface area contributed by atoms with Gasteiger partial charge in [0.2, 0.25) is 5.82 Å². The lowest BCUT2D eigenvalue weighted by molar-refractivity contribution is -0.139. The highest BCUT2D eigenvalue weighted by Crippen LogP contribution is 2.21. The summed E-state index contributed by atoms with van der Waals surface area (Å²) in [5.74, 6) is -0.622. The van der Waals surface area contributed by atoms with Crippen LogP contribution in [0.5, 0.6) is 0 Å². The fraction of sp³-hybridized carbons (Fsp3) is 0.238. The number of aryl methyl sites for hydroxylation is 1. The van der Waals surface area contributed by atoms with Gasteiger partial charge in [0.15, 0.2) is 5.82 Å². The molecule has 0 aliphatic carbocycles. The molecule has 1 atom stereocenters. The van der Waals surface area contributed by atoms with Crippen LogP contribution in [-0.4, -0.2) is 49.8 Å². The van der Waals surface area contributed by atoms with Gasteiger partial charge in [-0.15, -0.1) is 5.10 Å². The van der Waals surface area contributed by atoms with Gasteiger partial charge in [-0.1, -0.05) is 48.0 Å². The van der Waals surface area contributed by atoms with Crippen LogP contribution in [0.2, 0.25) is 0 Å². The zero-order chi connectivity index (χ0) is 20.8. The van der Waals surface area contributed by atoms with Gasteiger partial charge < -0.3 is 10.4 Å². The van der Waals surface area contributed by atoms with E-state index in [0.717, 1.165) is 16.8 Å². The van der Waals surface area contributed by atoms with E-state index in [1.165, 1.54) is 11.8 Å². The number of nitrogens with zero attached hydrogens (tertiary/aromatic N) is 3. The first-order valence-electron chi connectivity index (χ1n) is 9.11. The number of aromatic nitrogens is 3. The van der Waals surface area contributed by atoms with Crippen molar-refractivity contribution >= 4 is 23.6 Å². The molecule has 3 aromatic rings. The average Bonchev–Trinajstić information content (AvgIpc) is 3.17. The average molecular weight is 410 g/mol. The van der Waals surface area contributed by atoms with Crippen molar-refractivity contribution < 1.29 is 14.7 Å². The van der Waals surface area contributed by atoms with Gasteiger partial charge in [-0.05, 0) is 37.5 Å². The molecule has 1 heterocycles. The number of carboxylic acid groups (broad SMARTS) is 1. The number of hydrogen-bond acceptors (Lipinski definition) is 5. The van der Waals surface area contributed by atoms with Crippen molar-refractivity contribution in [1.29, 1.82) is 0 Å². The van der Waals surface area contributed by atoms with Crippen LogP contribution in [-0.2, 0) is 4.79 Å². The molecule has 2 N–H and O–H groups in total. The van der Waals surface area contributed by atoms with E-state index in [4.69, 9.17) is 0 Å². The maximum absolute atomic E-state index is 12.7. The summed E-state index contributed by atoms with van der Waals surface area (Å²) in [5.41, 5.74) is 2.67. The molecule has 0 unspecified atom stereocenters. The number of hydrogen-bond donors (Lipinski definition) is 2. The molecular formula is C21H22N4O3S. The molecule has 0 aliphatic heterocycles. The van der Waals surface area contributed by atoms with Crippen molar-refractivity contribution in [2.24, 2.45) is 0 Å². The van der Waals surface area contributed by atoms with Crippen LogP contribution in [0, 0.1) is 6.92 Å².